The first kappa shape index (κ1) is 16.8. The quantitative estimate of drug-likeness (QED) is 0.924. The summed E-state index contributed by atoms with van der Waals surface area (Å²) in [6.45, 7) is 6.98. The topological polar surface area (TPSA) is 67.3 Å². The van der Waals surface area contributed by atoms with Crippen molar-refractivity contribution >= 4 is 23.5 Å². The van der Waals surface area contributed by atoms with E-state index in [1.54, 1.807) is 6.07 Å². The van der Waals surface area contributed by atoms with Gasteiger partial charge in [-0.15, -0.1) is 10.2 Å². The lowest BCUT2D eigenvalue weighted by molar-refractivity contribution is 0.0523. The van der Waals surface area contributed by atoms with E-state index >= 15 is 0 Å². The molecule has 2 heterocycles. The summed E-state index contributed by atoms with van der Waals surface area (Å²) in [5, 5.41) is 11.3. The summed E-state index contributed by atoms with van der Waals surface area (Å²) in [6.07, 6.45) is 2.85. The van der Waals surface area contributed by atoms with Gasteiger partial charge < -0.3 is 15.0 Å². The molecule has 1 atom stereocenters. The normalized spacial score (nSPS) is 18.9. The summed E-state index contributed by atoms with van der Waals surface area (Å²) in [4.78, 5) is 14.0. The lowest BCUT2D eigenvalue weighted by atomic mass is 10.0. The molecule has 1 saturated heterocycles. The maximum Gasteiger partial charge on any atom is 0.407 e. The molecule has 0 saturated carbocycles. The molecule has 0 unspecified atom stereocenters. The maximum atomic E-state index is 11.8. The Kier molecular flexibility index (Phi) is 5.45. The van der Waals surface area contributed by atoms with Gasteiger partial charge in [-0.1, -0.05) is 11.6 Å². The monoisotopic (exact) mass is 326 g/mol. The Bertz CT molecular complexity index is 501. The van der Waals surface area contributed by atoms with E-state index in [-0.39, 0.29) is 12.1 Å². The molecule has 1 aromatic heterocycles. The highest BCUT2D eigenvalue weighted by Crippen LogP contribution is 2.23. The van der Waals surface area contributed by atoms with E-state index in [0.717, 1.165) is 31.6 Å². The van der Waals surface area contributed by atoms with Gasteiger partial charge in [-0.05, 0) is 52.2 Å². The molecule has 1 amide bonds. The van der Waals surface area contributed by atoms with Crippen molar-refractivity contribution in [2.75, 3.05) is 18.0 Å². The Morgan fingerprint density at radius 3 is 2.82 bits per heavy atom. The van der Waals surface area contributed by atoms with Crippen molar-refractivity contribution in [3.63, 3.8) is 0 Å². The molecule has 0 bridgehead atoms. The van der Waals surface area contributed by atoms with Crippen molar-refractivity contribution in [2.24, 2.45) is 0 Å². The molecule has 0 spiro atoms. The van der Waals surface area contributed by atoms with Gasteiger partial charge in [0.25, 0.3) is 0 Å². The molecule has 0 radical (unpaired) electrons. The van der Waals surface area contributed by atoms with Crippen molar-refractivity contribution in [1.29, 1.82) is 0 Å². The zero-order valence-electron chi connectivity index (χ0n) is 13.3. The predicted molar refractivity (Wildman–Crippen MR) is 86.3 cm³/mol. The SMILES string of the molecule is CC(C)(C)OC(=O)NC[C@H]1CCCCN1c1ccc(Cl)nn1. The van der Waals surface area contributed by atoms with E-state index in [4.69, 9.17) is 16.3 Å². The van der Waals surface area contributed by atoms with Crippen LogP contribution in [-0.4, -0.2) is 41.0 Å². The molecule has 22 heavy (non-hydrogen) atoms. The van der Waals surface area contributed by atoms with Gasteiger partial charge in [-0.3, -0.25) is 0 Å². The first-order chi connectivity index (χ1) is 10.3. The summed E-state index contributed by atoms with van der Waals surface area (Å²) in [5.41, 5.74) is -0.488. The fourth-order valence-corrected chi connectivity index (χ4v) is 2.59. The zero-order chi connectivity index (χ0) is 16.2. The van der Waals surface area contributed by atoms with Crippen LogP contribution in [0.2, 0.25) is 5.15 Å². The van der Waals surface area contributed by atoms with E-state index in [1.165, 1.54) is 0 Å². The summed E-state index contributed by atoms with van der Waals surface area (Å²) in [5.74, 6) is 0.792. The van der Waals surface area contributed by atoms with Crippen LogP contribution in [0, 0.1) is 0 Å². The molecular formula is C15H23ClN4O2. The molecule has 1 aromatic rings. The van der Waals surface area contributed by atoms with Gasteiger partial charge in [0.1, 0.15) is 5.60 Å². The van der Waals surface area contributed by atoms with Gasteiger partial charge in [0.15, 0.2) is 11.0 Å². The molecule has 1 fully saturated rings. The van der Waals surface area contributed by atoms with Crippen LogP contribution in [0.3, 0.4) is 0 Å². The molecule has 7 heteroatoms. The van der Waals surface area contributed by atoms with Crippen LogP contribution in [0.1, 0.15) is 40.0 Å². The number of piperidine rings is 1. The van der Waals surface area contributed by atoms with Crippen LogP contribution < -0.4 is 10.2 Å². The summed E-state index contributed by atoms with van der Waals surface area (Å²) >= 11 is 5.79. The summed E-state index contributed by atoms with van der Waals surface area (Å²) in [7, 11) is 0. The first-order valence-electron chi connectivity index (χ1n) is 7.58. The minimum absolute atomic E-state index is 0.191. The van der Waals surface area contributed by atoms with Crippen LogP contribution in [0.4, 0.5) is 10.6 Å². The van der Waals surface area contributed by atoms with Crippen LogP contribution in [0.15, 0.2) is 12.1 Å². The fraction of sp³-hybridized carbons (Fsp3) is 0.667. The number of hydrogen-bond acceptors (Lipinski definition) is 5. The number of amides is 1. The maximum absolute atomic E-state index is 11.8. The highest BCUT2D eigenvalue weighted by atomic mass is 35.5. The highest BCUT2D eigenvalue weighted by molar-refractivity contribution is 6.29. The van der Waals surface area contributed by atoms with Crippen molar-refractivity contribution in [2.45, 2.75) is 51.7 Å². The number of alkyl carbamates (subject to hydrolysis) is 1. The van der Waals surface area contributed by atoms with Gasteiger partial charge in [0, 0.05) is 19.1 Å². The zero-order valence-corrected chi connectivity index (χ0v) is 14.1. The number of nitrogens with zero attached hydrogens (tertiary/aromatic N) is 3. The number of anilines is 1. The molecule has 122 valence electrons. The standard InChI is InChI=1S/C15H23ClN4O2/c1-15(2,3)22-14(21)17-10-11-6-4-5-9-20(11)13-8-7-12(16)18-19-13/h7-8,11H,4-6,9-10H2,1-3H3,(H,17,21)/t11-/m1/s1. The van der Waals surface area contributed by atoms with Crippen molar-refractivity contribution in [1.82, 2.24) is 15.5 Å². The van der Waals surface area contributed by atoms with E-state index in [9.17, 15) is 4.79 Å². The second kappa shape index (κ2) is 7.13. The van der Waals surface area contributed by atoms with Crippen LogP contribution in [0.25, 0.3) is 0 Å². The van der Waals surface area contributed by atoms with Crippen LogP contribution in [0.5, 0.6) is 0 Å². The molecule has 1 aliphatic rings. The van der Waals surface area contributed by atoms with Gasteiger partial charge >= 0.3 is 6.09 Å². The van der Waals surface area contributed by atoms with E-state index in [1.807, 2.05) is 26.8 Å². The number of ether oxygens (including phenoxy) is 1. The van der Waals surface area contributed by atoms with Gasteiger partial charge in [-0.25, -0.2) is 4.79 Å². The van der Waals surface area contributed by atoms with Crippen molar-refractivity contribution < 1.29 is 9.53 Å². The molecule has 1 aliphatic heterocycles. The molecule has 6 nitrogen and oxygen atoms in total. The van der Waals surface area contributed by atoms with Crippen molar-refractivity contribution in [3.05, 3.63) is 17.3 Å². The summed E-state index contributed by atoms with van der Waals surface area (Å²) in [6, 6.07) is 3.79. The second-order valence-corrected chi connectivity index (χ2v) is 6.83. The lowest BCUT2D eigenvalue weighted by Crippen LogP contribution is -2.48. The smallest absolute Gasteiger partial charge is 0.407 e. The minimum Gasteiger partial charge on any atom is -0.444 e. The van der Waals surface area contributed by atoms with Gasteiger partial charge in [0.2, 0.25) is 0 Å². The van der Waals surface area contributed by atoms with Crippen LogP contribution in [-0.2, 0) is 4.74 Å². The molecule has 0 aliphatic carbocycles. The van der Waals surface area contributed by atoms with Gasteiger partial charge in [-0.2, -0.15) is 0 Å². The Morgan fingerprint density at radius 1 is 1.41 bits per heavy atom. The minimum atomic E-state index is -0.488. The number of halogens is 1. The third-order valence-corrected chi connectivity index (χ3v) is 3.62. The Labute approximate surface area is 136 Å². The Balaban J connectivity index is 1.95. The second-order valence-electron chi connectivity index (χ2n) is 6.44. The summed E-state index contributed by atoms with van der Waals surface area (Å²) < 4.78 is 5.27. The molecular weight excluding hydrogens is 304 g/mol. The number of carbonyl (C=O) groups is 1. The Hall–Kier alpha value is -1.56. The van der Waals surface area contributed by atoms with Crippen molar-refractivity contribution in [3.8, 4) is 0 Å². The number of nitrogens with one attached hydrogen (secondary N) is 1. The molecule has 0 aromatic carbocycles. The van der Waals surface area contributed by atoms with E-state index < -0.39 is 5.60 Å². The molecule has 1 N–H and O–H groups in total. The average Bonchev–Trinajstić information content (AvgIpc) is 2.45. The number of aromatic nitrogens is 2. The Morgan fingerprint density at radius 2 is 2.18 bits per heavy atom. The largest absolute Gasteiger partial charge is 0.444 e. The number of rotatable bonds is 3. The fourth-order valence-electron chi connectivity index (χ4n) is 2.49. The van der Waals surface area contributed by atoms with E-state index in [0.29, 0.717) is 11.7 Å². The predicted octanol–water partition coefficient (Wildman–Crippen LogP) is 3.01. The highest BCUT2D eigenvalue weighted by Gasteiger charge is 2.25. The lowest BCUT2D eigenvalue weighted by Gasteiger charge is -2.36. The first-order valence-corrected chi connectivity index (χ1v) is 7.96. The van der Waals surface area contributed by atoms with Crippen LogP contribution >= 0.6 is 11.6 Å². The number of carbonyl (C=O) groups excluding carboxylic acids is 1. The third kappa shape index (κ3) is 5.02. The third-order valence-electron chi connectivity index (χ3n) is 3.42. The van der Waals surface area contributed by atoms with E-state index in [2.05, 4.69) is 20.4 Å². The molecule has 2 rings (SSSR count). The average molecular weight is 327 g/mol. The van der Waals surface area contributed by atoms with Gasteiger partial charge in [0.05, 0.1) is 0 Å². The number of hydrogen-bond donors (Lipinski definition) is 1.